The van der Waals surface area contributed by atoms with Crippen LogP contribution >= 0.6 is 0 Å². The Morgan fingerprint density at radius 3 is 2.33 bits per heavy atom. The summed E-state index contributed by atoms with van der Waals surface area (Å²) in [7, 11) is 2.19. The van der Waals surface area contributed by atoms with E-state index in [2.05, 4.69) is 42.3 Å². The van der Waals surface area contributed by atoms with E-state index in [9.17, 15) is 0 Å². The maximum atomic E-state index is 6.00. The normalized spacial score (nSPS) is 21.5. The van der Waals surface area contributed by atoms with E-state index < -0.39 is 0 Å². The quantitative estimate of drug-likeness (QED) is 0.793. The van der Waals surface area contributed by atoms with Crippen molar-refractivity contribution in [2.45, 2.75) is 18.3 Å². The van der Waals surface area contributed by atoms with Crippen LogP contribution < -0.4 is 5.73 Å². The highest BCUT2D eigenvalue weighted by Gasteiger charge is 2.33. The van der Waals surface area contributed by atoms with Crippen molar-refractivity contribution in [3.63, 3.8) is 0 Å². The summed E-state index contributed by atoms with van der Waals surface area (Å²) in [5, 5.41) is 0. The molecule has 1 aliphatic heterocycles. The van der Waals surface area contributed by atoms with E-state index >= 15 is 0 Å². The Bertz CT molecular complexity index is 300. The molecular formula is C13H20N2. The van der Waals surface area contributed by atoms with E-state index in [4.69, 9.17) is 5.73 Å². The van der Waals surface area contributed by atoms with Crippen molar-refractivity contribution in [2.24, 2.45) is 5.73 Å². The predicted octanol–water partition coefficient (Wildman–Crippen LogP) is 1.61. The van der Waals surface area contributed by atoms with E-state index in [-0.39, 0.29) is 5.41 Å². The lowest BCUT2D eigenvalue weighted by Gasteiger charge is -2.40. The van der Waals surface area contributed by atoms with Crippen LogP contribution in [0.15, 0.2) is 30.3 Å². The third-order valence-corrected chi connectivity index (χ3v) is 3.72. The largest absolute Gasteiger partial charge is 0.330 e. The van der Waals surface area contributed by atoms with Crippen LogP contribution in [0.25, 0.3) is 0 Å². The van der Waals surface area contributed by atoms with Gasteiger partial charge >= 0.3 is 0 Å². The van der Waals surface area contributed by atoms with Gasteiger partial charge in [-0.15, -0.1) is 0 Å². The van der Waals surface area contributed by atoms with Gasteiger partial charge in [-0.3, -0.25) is 0 Å². The first-order valence-corrected chi connectivity index (χ1v) is 5.71. The molecule has 0 saturated carbocycles. The van der Waals surface area contributed by atoms with Gasteiger partial charge in [-0.25, -0.2) is 0 Å². The van der Waals surface area contributed by atoms with Crippen molar-refractivity contribution in [1.82, 2.24) is 4.90 Å². The number of likely N-dealkylation sites (tertiary alicyclic amines) is 1. The molecule has 82 valence electrons. The van der Waals surface area contributed by atoms with Crippen LogP contribution in [-0.2, 0) is 5.41 Å². The Kier molecular flexibility index (Phi) is 3.08. The van der Waals surface area contributed by atoms with Crippen molar-refractivity contribution in [1.29, 1.82) is 0 Å². The summed E-state index contributed by atoms with van der Waals surface area (Å²) in [6.07, 6.45) is 2.37. The molecule has 1 heterocycles. The highest BCUT2D eigenvalue weighted by atomic mass is 15.1. The summed E-state index contributed by atoms with van der Waals surface area (Å²) >= 11 is 0. The van der Waals surface area contributed by atoms with E-state index in [1.807, 2.05) is 0 Å². The van der Waals surface area contributed by atoms with Crippen molar-refractivity contribution < 1.29 is 0 Å². The molecule has 0 aliphatic carbocycles. The molecule has 2 nitrogen and oxygen atoms in total. The molecule has 15 heavy (non-hydrogen) atoms. The molecular weight excluding hydrogens is 184 g/mol. The zero-order valence-electron chi connectivity index (χ0n) is 9.45. The second kappa shape index (κ2) is 4.33. The summed E-state index contributed by atoms with van der Waals surface area (Å²) in [6, 6.07) is 10.7. The fraction of sp³-hybridized carbons (Fsp3) is 0.538. The Morgan fingerprint density at radius 2 is 1.80 bits per heavy atom. The Hall–Kier alpha value is -0.860. The fourth-order valence-electron chi connectivity index (χ4n) is 2.45. The highest BCUT2D eigenvalue weighted by molar-refractivity contribution is 5.26. The maximum Gasteiger partial charge on any atom is 0.00998 e. The van der Waals surface area contributed by atoms with Gasteiger partial charge in [-0.2, -0.15) is 0 Å². The van der Waals surface area contributed by atoms with Crippen LogP contribution in [0.2, 0.25) is 0 Å². The van der Waals surface area contributed by atoms with Crippen molar-refractivity contribution >= 4 is 0 Å². The molecule has 2 rings (SSSR count). The summed E-state index contributed by atoms with van der Waals surface area (Å²) in [6.45, 7) is 3.09. The summed E-state index contributed by atoms with van der Waals surface area (Å²) in [4.78, 5) is 2.39. The zero-order valence-corrected chi connectivity index (χ0v) is 9.45. The molecule has 2 heteroatoms. The minimum absolute atomic E-state index is 0.230. The minimum Gasteiger partial charge on any atom is -0.330 e. The lowest BCUT2D eigenvalue weighted by atomic mass is 9.73. The molecule has 0 bridgehead atoms. The fourth-order valence-corrected chi connectivity index (χ4v) is 2.45. The zero-order chi connectivity index (χ0) is 10.7. The standard InChI is InChI=1S/C13H20N2/c1-15-9-7-13(11-14,8-10-15)12-5-3-2-4-6-12/h2-6H,7-11,14H2,1H3. The molecule has 1 aromatic carbocycles. The average Bonchev–Trinajstić information content (AvgIpc) is 2.32. The minimum atomic E-state index is 0.230. The van der Waals surface area contributed by atoms with Crippen molar-refractivity contribution in [3.05, 3.63) is 35.9 Å². The van der Waals surface area contributed by atoms with Crippen molar-refractivity contribution in [3.8, 4) is 0 Å². The number of rotatable bonds is 2. The molecule has 0 radical (unpaired) electrons. The number of hydrogen-bond acceptors (Lipinski definition) is 2. The van der Waals surface area contributed by atoms with Crippen LogP contribution in [0.4, 0.5) is 0 Å². The molecule has 1 aromatic rings. The monoisotopic (exact) mass is 204 g/mol. The van der Waals surface area contributed by atoms with Gasteiger partial charge in [0.25, 0.3) is 0 Å². The predicted molar refractivity (Wildman–Crippen MR) is 63.9 cm³/mol. The van der Waals surface area contributed by atoms with Gasteiger partial charge in [0, 0.05) is 12.0 Å². The lowest BCUT2D eigenvalue weighted by molar-refractivity contribution is 0.191. The SMILES string of the molecule is CN1CCC(CN)(c2ccccc2)CC1. The molecule has 0 atom stereocenters. The number of piperidine rings is 1. The second-order valence-electron chi connectivity index (χ2n) is 4.65. The summed E-state index contributed by atoms with van der Waals surface area (Å²) in [5.74, 6) is 0. The Balaban J connectivity index is 2.23. The number of nitrogens with two attached hydrogens (primary N) is 1. The van der Waals surface area contributed by atoms with Crippen LogP contribution in [0, 0.1) is 0 Å². The van der Waals surface area contributed by atoms with Crippen LogP contribution in [0.5, 0.6) is 0 Å². The van der Waals surface area contributed by atoms with E-state index in [1.54, 1.807) is 0 Å². The first-order chi connectivity index (χ1) is 7.27. The van der Waals surface area contributed by atoms with Gasteiger partial charge in [0.05, 0.1) is 0 Å². The average molecular weight is 204 g/mol. The number of benzene rings is 1. The smallest absolute Gasteiger partial charge is 0.00998 e. The second-order valence-corrected chi connectivity index (χ2v) is 4.65. The first-order valence-electron chi connectivity index (χ1n) is 5.71. The van der Waals surface area contributed by atoms with E-state index in [1.165, 1.54) is 18.4 Å². The molecule has 2 N–H and O–H groups in total. The van der Waals surface area contributed by atoms with Crippen LogP contribution in [0.3, 0.4) is 0 Å². The maximum absolute atomic E-state index is 6.00. The van der Waals surface area contributed by atoms with Gasteiger partial charge in [0.1, 0.15) is 0 Å². The van der Waals surface area contributed by atoms with Crippen molar-refractivity contribution in [2.75, 3.05) is 26.7 Å². The molecule has 0 aromatic heterocycles. The molecule has 0 spiro atoms. The third kappa shape index (κ3) is 2.06. The Labute approximate surface area is 92.1 Å². The number of hydrogen-bond donors (Lipinski definition) is 1. The van der Waals surface area contributed by atoms with E-state index in [0.29, 0.717) is 0 Å². The molecule has 1 aliphatic rings. The first kappa shape index (κ1) is 10.7. The van der Waals surface area contributed by atoms with Gasteiger partial charge < -0.3 is 10.6 Å². The summed E-state index contributed by atoms with van der Waals surface area (Å²) in [5.41, 5.74) is 7.64. The van der Waals surface area contributed by atoms with Crippen LogP contribution in [0.1, 0.15) is 18.4 Å². The number of nitrogens with zero attached hydrogens (tertiary/aromatic N) is 1. The van der Waals surface area contributed by atoms with Crippen LogP contribution in [-0.4, -0.2) is 31.6 Å². The van der Waals surface area contributed by atoms with Gasteiger partial charge in [-0.1, -0.05) is 30.3 Å². The topological polar surface area (TPSA) is 29.3 Å². The van der Waals surface area contributed by atoms with Gasteiger partial charge in [-0.05, 0) is 38.5 Å². The molecule has 1 saturated heterocycles. The summed E-state index contributed by atoms with van der Waals surface area (Å²) < 4.78 is 0. The molecule has 1 fully saturated rings. The third-order valence-electron chi connectivity index (χ3n) is 3.72. The van der Waals surface area contributed by atoms with E-state index in [0.717, 1.165) is 19.6 Å². The highest BCUT2D eigenvalue weighted by Crippen LogP contribution is 2.33. The van der Waals surface area contributed by atoms with Gasteiger partial charge in [0.15, 0.2) is 0 Å². The lowest BCUT2D eigenvalue weighted by Crippen LogP contribution is -2.45. The molecule has 0 unspecified atom stereocenters. The molecule has 0 amide bonds. The van der Waals surface area contributed by atoms with Gasteiger partial charge in [0.2, 0.25) is 0 Å². The Morgan fingerprint density at radius 1 is 1.20 bits per heavy atom.